The second-order valence-corrected chi connectivity index (χ2v) is 7.36. The number of carbonyl (C=O) groups is 1. The first-order valence-electron chi connectivity index (χ1n) is 9.69. The average Bonchev–Trinajstić information content (AvgIpc) is 3.24. The van der Waals surface area contributed by atoms with Gasteiger partial charge >= 0.3 is 6.01 Å². The van der Waals surface area contributed by atoms with Gasteiger partial charge in [0.25, 0.3) is 0 Å². The maximum atomic E-state index is 13.2. The zero-order chi connectivity index (χ0) is 20.3. The molecular formula is C22H24N4O3. The minimum absolute atomic E-state index is 0.136. The number of hydrogen-bond acceptors (Lipinski definition) is 6. The first kappa shape index (κ1) is 19.1. The van der Waals surface area contributed by atoms with E-state index < -0.39 is 5.41 Å². The molecule has 1 fully saturated rings. The molecule has 1 aromatic heterocycles. The second-order valence-electron chi connectivity index (χ2n) is 7.36. The standard InChI is InChI=1S/C22H24N4O3/c1-15-8-9-18(14-16(15)2)22(10-12-28-13-11-22)20(27)24-25-21-23-19(26-29-21)17-6-4-3-5-7-17/h3-9,14H,10-13H2,1-2H3,(H,24,27)(H,23,25,26). The number of amides is 1. The molecule has 0 aliphatic carbocycles. The van der Waals surface area contributed by atoms with Gasteiger partial charge in [0, 0.05) is 18.8 Å². The highest BCUT2D eigenvalue weighted by Crippen LogP contribution is 2.36. The van der Waals surface area contributed by atoms with Crippen LogP contribution >= 0.6 is 0 Å². The van der Waals surface area contributed by atoms with Crippen molar-refractivity contribution in [3.05, 3.63) is 65.2 Å². The van der Waals surface area contributed by atoms with Gasteiger partial charge in [0.05, 0.1) is 5.41 Å². The third kappa shape index (κ3) is 3.86. The number of nitrogens with one attached hydrogen (secondary N) is 2. The van der Waals surface area contributed by atoms with Gasteiger partial charge in [-0.2, -0.15) is 4.98 Å². The van der Waals surface area contributed by atoms with E-state index in [1.165, 1.54) is 11.1 Å². The van der Waals surface area contributed by atoms with Crippen molar-refractivity contribution in [3.8, 4) is 11.4 Å². The van der Waals surface area contributed by atoms with E-state index in [1.54, 1.807) is 0 Å². The summed E-state index contributed by atoms with van der Waals surface area (Å²) in [6.07, 6.45) is 1.23. The molecule has 4 rings (SSSR count). The Bertz CT molecular complexity index is 994. The van der Waals surface area contributed by atoms with Crippen molar-refractivity contribution < 1.29 is 14.1 Å². The average molecular weight is 392 g/mol. The molecule has 0 saturated carbocycles. The van der Waals surface area contributed by atoms with Crippen LogP contribution in [0.15, 0.2) is 53.1 Å². The highest BCUT2D eigenvalue weighted by Gasteiger charge is 2.42. The quantitative estimate of drug-likeness (QED) is 0.646. The van der Waals surface area contributed by atoms with Crippen LogP contribution in [0.3, 0.4) is 0 Å². The van der Waals surface area contributed by atoms with Gasteiger partial charge in [-0.3, -0.25) is 10.2 Å². The third-order valence-electron chi connectivity index (χ3n) is 5.58. The molecule has 2 N–H and O–H groups in total. The molecule has 0 bridgehead atoms. The van der Waals surface area contributed by atoms with Crippen LogP contribution in [0.1, 0.15) is 29.5 Å². The van der Waals surface area contributed by atoms with Crippen LogP contribution < -0.4 is 10.9 Å². The van der Waals surface area contributed by atoms with Gasteiger partial charge in [-0.1, -0.05) is 53.7 Å². The van der Waals surface area contributed by atoms with Gasteiger partial charge in [-0.25, -0.2) is 5.43 Å². The Morgan fingerprint density at radius 1 is 1.03 bits per heavy atom. The maximum absolute atomic E-state index is 13.2. The fourth-order valence-corrected chi connectivity index (χ4v) is 3.61. The number of carbonyl (C=O) groups excluding carboxylic acids is 1. The zero-order valence-corrected chi connectivity index (χ0v) is 16.6. The van der Waals surface area contributed by atoms with Crippen LogP contribution in [0.4, 0.5) is 6.01 Å². The van der Waals surface area contributed by atoms with E-state index in [2.05, 4.69) is 47.0 Å². The van der Waals surface area contributed by atoms with Crippen molar-refractivity contribution in [2.24, 2.45) is 0 Å². The molecule has 2 aromatic carbocycles. The lowest BCUT2D eigenvalue weighted by molar-refractivity contribution is -0.130. The van der Waals surface area contributed by atoms with Crippen molar-refractivity contribution >= 4 is 11.9 Å². The Morgan fingerprint density at radius 3 is 2.52 bits per heavy atom. The van der Waals surface area contributed by atoms with Crippen LogP contribution in [-0.2, 0) is 14.9 Å². The normalized spacial score (nSPS) is 15.7. The van der Waals surface area contributed by atoms with Crippen molar-refractivity contribution in [1.82, 2.24) is 15.6 Å². The fourth-order valence-electron chi connectivity index (χ4n) is 3.61. The lowest BCUT2D eigenvalue weighted by Gasteiger charge is -2.36. The molecule has 0 radical (unpaired) electrons. The maximum Gasteiger partial charge on any atom is 0.340 e. The summed E-state index contributed by atoms with van der Waals surface area (Å²) in [5, 5.41) is 3.95. The number of hydrogen-bond donors (Lipinski definition) is 2. The van der Waals surface area contributed by atoms with E-state index in [0.29, 0.717) is 31.9 Å². The molecule has 1 aliphatic heterocycles. The molecule has 1 saturated heterocycles. The number of ether oxygens (including phenoxy) is 1. The summed E-state index contributed by atoms with van der Waals surface area (Å²) in [7, 11) is 0. The minimum Gasteiger partial charge on any atom is -0.381 e. The predicted molar refractivity (Wildman–Crippen MR) is 109 cm³/mol. The van der Waals surface area contributed by atoms with E-state index >= 15 is 0 Å². The van der Waals surface area contributed by atoms with Crippen LogP contribution in [0.25, 0.3) is 11.4 Å². The van der Waals surface area contributed by atoms with Crippen LogP contribution in [0.2, 0.25) is 0 Å². The molecule has 0 spiro atoms. The van der Waals surface area contributed by atoms with Gasteiger partial charge in [0.2, 0.25) is 11.7 Å². The van der Waals surface area contributed by atoms with Crippen LogP contribution in [0.5, 0.6) is 0 Å². The topological polar surface area (TPSA) is 89.3 Å². The van der Waals surface area contributed by atoms with Gasteiger partial charge in [0.15, 0.2) is 0 Å². The molecule has 0 unspecified atom stereocenters. The Hall–Kier alpha value is -3.19. The fraction of sp³-hybridized carbons (Fsp3) is 0.318. The second kappa shape index (κ2) is 8.05. The van der Waals surface area contributed by atoms with Crippen molar-refractivity contribution in [1.29, 1.82) is 0 Å². The Morgan fingerprint density at radius 2 is 1.79 bits per heavy atom. The van der Waals surface area contributed by atoms with Gasteiger partial charge in [-0.05, 0) is 43.4 Å². The first-order chi connectivity index (χ1) is 14.1. The molecule has 150 valence electrons. The van der Waals surface area contributed by atoms with Crippen LogP contribution in [-0.4, -0.2) is 29.3 Å². The van der Waals surface area contributed by atoms with Crippen molar-refractivity contribution in [3.63, 3.8) is 0 Å². The first-order valence-corrected chi connectivity index (χ1v) is 9.69. The Labute approximate surface area is 169 Å². The molecule has 0 atom stereocenters. The number of aryl methyl sites for hydroxylation is 2. The van der Waals surface area contributed by atoms with Crippen molar-refractivity contribution in [2.45, 2.75) is 32.1 Å². The van der Waals surface area contributed by atoms with Gasteiger partial charge in [-0.15, -0.1) is 0 Å². The smallest absolute Gasteiger partial charge is 0.340 e. The predicted octanol–water partition coefficient (Wildman–Crippen LogP) is 3.54. The minimum atomic E-state index is -0.661. The third-order valence-corrected chi connectivity index (χ3v) is 5.58. The van der Waals surface area contributed by atoms with E-state index in [-0.39, 0.29) is 11.9 Å². The van der Waals surface area contributed by atoms with Gasteiger partial charge in [0.1, 0.15) is 0 Å². The highest BCUT2D eigenvalue weighted by molar-refractivity contribution is 5.89. The molecule has 29 heavy (non-hydrogen) atoms. The summed E-state index contributed by atoms with van der Waals surface area (Å²) in [4.78, 5) is 17.5. The zero-order valence-electron chi connectivity index (χ0n) is 16.6. The summed E-state index contributed by atoms with van der Waals surface area (Å²) in [6, 6.07) is 15.8. The molecule has 7 heteroatoms. The molecule has 2 heterocycles. The largest absolute Gasteiger partial charge is 0.381 e. The number of anilines is 1. The summed E-state index contributed by atoms with van der Waals surface area (Å²) >= 11 is 0. The van der Waals surface area contributed by atoms with Crippen molar-refractivity contribution in [2.75, 3.05) is 18.6 Å². The SMILES string of the molecule is Cc1ccc(C2(C(=O)NNc3nc(-c4ccccc4)no3)CCOCC2)cc1C. The monoisotopic (exact) mass is 392 g/mol. The summed E-state index contributed by atoms with van der Waals surface area (Å²) in [5.41, 5.74) is 9.08. The number of nitrogens with zero attached hydrogens (tertiary/aromatic N) is 2. The highest BCUT2D eigenvalue weighted by atomic mass is 16.5. The number of rotatable bonds is 5. The van der Waals surface area contributed by atoms with E-state index in [0.717, 1.165) is 11.1 Å². The van der Waals surface area contributed by atoms with E-state index in [4.69, 9.17) is 9.26 Å². The summed E-state index contributed by atoms with van der Waals surface area (Å²) in [5.74, 6) is 0.320. The lowest BCUT2D eigenvalue weighted by Crippen LogP contribution is -2.49. The summed E-state index contributed by atoms with van der Waals surface area (Å²) < 4.78 is 10.7. The summed E-state index contributed by atoms with van der Waals surface area (Å²) in [6.45, 7) is 5.21. The number of hydrazine groups is 1. The van der Waals surface area contributed by atoms with E-state index in [9.17, 15) is 4.79 Å². The number of aromatic nitrogens is 2. The molecule has 1 aliphatic rings. The molecule has 1 amide bonds. The van der Waals surface area contributed by atoms with E-state index in [1.807, 2.05) is 36.4 Å². The Kier molecular flexibility index (Phi) is 5.31. The number of benzene rings is 2. The molecule has 3 aromatic rings. The Balaban J connectivity index is 1.52. The van der Waals surface area contributed by atoms with Crippen LogP contribution in [0, 0.1) is 13.8 Å². The van der Waals surface area contributed by atoms with Gasteiger partial charge < -0.3 is 9.26 Å². The molecule has 7 nitrogen and oxygen atoms in total. The lowest BCUT2D eigenvalue weighted by atomic mass is 9.73. The molecular weight excluding hydrogens is 368 g/mol.